The Bertz CT molecular complexity index is 1250. The van der Waals surface area contributed by atoms with Crippen molar-refractivity contribution in [3.8, 4) is 5.75 Å². The minimum absolute atomic E-state index is 0.0597. The van der Waals surface area contributed by atoms with Crippen LogP contribution in [0.15, 0.2) is 77.7 Å². The highest BCUT2D eigenvalue weighted by molar-refractivity contribution is 8.18. The van der Waals surface area contributed by atoms with Gasteiger partial charge in [-0.05, 0) is 65.4 Å². The van der Waals surface area contributed by atoms with Crippen LogP contribution in [0.1, 0.15) is 21.5 Å². The third-order valence-corrected chi connectivity index (χ3v) is 5.85. The fourth-order valence-corrected chi connectivity index (χ4v) is 4.08. The number of halogens is 2. The summed E-state index contributed by atoms with van der Waals surface area (Å²) in [6.45, 7) is -0.0597. The third kappa shape index (κ3) is 4.90. The maximum absolute atomic E-state index is 13.3. The molecule has 0 aliphatic carbocycles. The molecule has 0 unspecified atom stereocenters. The number of amides is 2. The number of imide groups is 1. The lowest BCUT2D eigenvalue weighted by atomic mass is 10.2. The number of benzene rings is 3. The standard InChI is InChI=1S/C24H15ClFNO4S/c25-20-13-18(26)10-9-17(20)14-27-22(28)21(32-24(27)30)12-15-5-4-8-19(11-15)31-23(29)16-6-2-1-3-7-16/h1-13H,14H2/b21-12-. The molecule has 160 valence electrons. The van der Waals surface area contributed by atoms with E-state index >= 15 is 0 Å². The van der Waals surface area contributed by atoms with E-state index in [1.165, 1.54) is 12.1 Å². The van der Waals surface area contributed by atoms with Crippen LogP contribution >= 0.6 is 23.4 Å². The van der Waals surface area contributed by atoms with E-state index in [1.54, 1.807) is 60.7 Å². The Morgan fingerprint density at radius 2 is 1.81 bits per heavy atom. The number of thioether (sulfide) groups is 1. The van der Waals surface area contributed by atoms with E-state index in [0.29, 0.717) is 22.4 Å². The fraction of sp³-hybridized carbons (Fsp3) is 0.0417. The van der Waals surface area contributed by atoms with E-state index in [2.05, 4.69) is 0 Å². The summed E-state index contributed by atoms with van der Waals surface area (Å²) in [5, 5.41) is -0.311. The summed E-state index contributed by atoms with van der Waals surface area (Å²) in [5.74, 6) is -1.17. The first kappa shape index (κ1) is 21.8. The van der Waals surface area contributed by atoms with Crippen LogP contribution in [0.2, 0.25) is 5.02 Å². The second-order valence-corrected chi connectivity index (χ2v) is 8.23. The Labute approximate surface area is 192 Å². The summed E-state index contributed by atoms with van der Waals surface area (Å²) in [7, 11) is 0. The molecule has 4 rings (SSSR count). The third-order valence-electron chi connectivity index (χ3n) is 4.59. The molecule has 0 radical (unpaired) electrons. The Morgan fingerprint density at radius 3 is 2.56 bits per heavy atom. The summed E-state index contributed by atoms with van der Waals surface area (Å²) < 4.78 is 18.6. The van der Waals surface area contributed by atoms with Crippen LogP contribution in [0.3, 0.4) is 0 Å². The van der Waals surface area contributed by atoms with Gasteiger partial charge in [-0.2, -0.15) is 0 Å². The molecule has 2 amide bonds. The molecule has 1 heterocycles. The maximum Gasteiger partial charge on any atom is 0.343 e. The zero-order valence-corrected chi connectivity index (χ0v) is 18.0. The molecule has 0 N–H and O–H groups in total. The van der Waals surface area contributed by atoms with Crippen LogP contribution in [-0.2, 0) is 11.3 Å². The van der Waals surface area contributed by atoms with E-state index in [0.717, 1.165) is 22.7 Å². The molecule has 5 nitrogen and oxygen atoms in total. The second kappa shape index (κ2) is 9.38. The number of carbonyl (C=O) groups is 3. The van der Waals surface area contributed by atoms with E-state index in [9.17, 15) is 18.8 Å². The molecular weight excluding hydrogens is 453 g/mol. The number of ether oxygens (including phenoxy) is 1. The normalized spacial score (nSPS) is 14.8. The van der Waals surface area contributed by atoms with E-state index < -0.39 is 22.9 Å². The molecule has 0 aromatic heterocycles. The van der Waals surface area contributed by atoms with Crippen LogP contribution in [0.5, 0.6) is 5.75 Å². The maximum atomic E-state index is 13.3. The Kier molecular flexibility index (Phi) is 6.39. The molecule has 3 aromatic rings. The monoisotopic (exact) mass is 467 g/mol. The van der Waals surface area contributed by atoms with Crippen LogP contribution in [-0.4, -0.2) is 22.0 Å². The van der Waals surface area contributed by atoms with Gasteiger partial charge in [-0.1, -0.05) is 48.0 Å². The van der Waals surface area contributed by atoms with Gasteiger partial charge < -0.3 is 4.74 Å². The predicted octanol–water partition coefficient (Wildman–Crippen LogP) is 5.93. The van der Waals surface area contributed by atoms with Crippen molar-refractivity contribution >= 4 is 46.6 Å². The molecule has 1 aliphatic rings. The van der Waals surface area contributed by atoms with E-state index in [1.807, 2.05) is 0 Å². The van der Waals surface area contributed by atoms with Crippen molar-refractivity contribution in [1.29, 1.82) is 0 Å². The lowest BCUT2D eigenvalue weighted by Crippen LogP contribution is -2.27. The Morgan fingerprint density at radius 1 is 1.03 bits per heavy atom. The highest BCUT2D eigenvalue weighted by Gasteiger charge is 2.35. The number of nitrogens with zero attached hydrogens (tertiary/aromatic N) is 1. The molecule has 1 aliphatic heterocycles. The largest absolute Gasteiger partial charge is 0.423 e. The lowest BCUT2D eigenvalue weighted by molar-refractivity contribution is -0.123. The van der Waals surface area contributed by atoms with Crippen molar-refractivity contribution in [2.75, 3.05) is 0 Å². The summed E-state index contributed by atoms with van der Waals surface area (Å²) in [4.78, 5) is 38.7. The molecule has 8 heteroatoms. The topological polar surface area (TPSA) is 63.7 Å². The summed E-state index contributed by atoms with van der Waals surface area (Å²) in [5.41, 5.74) is 1.47. The van der Waals surface area contributed by atoms with Crippen LogP contribution < -0.4 is 4.74 Å². The Hall–Kier alpha value is -3.42. The van der Waals surface area contributed by atoms with Crippen molar-refractivity contribution in [3.63, 3.8) is 0 Å². The average Bonchev–Trinajstić information content (AvgIpc) is 3.03. The van der Waals surface area contributed by atoms with Gasteiger partial charge in [0.05, 0.1) is 17.0 Å². The first-order valence-corrected chi connectivity index (χ1v) is 10.7. The molecule has 0 atom stereocenters. The highest BCUT2D eigenvalue weighted by Crippen LogP contribution is 2.34. The van der Waals surface area contributed by atoms with Crippen molar-refractivity contribution in [1.82, 2.24) is 4.90 Å². The minimum Gasteiger partial charge on any atom is -0.423 e. The van der Waals surface area contributed by atoms with Crippen molar-refractivity contribution < 1.29 is 23.5 Å². The van der Waals surface area contributed by atoms with Gasteiger partial charge in [0.25, 0.3) is 11.1 Å². The smallest absolute Gasteiger partial charge is 0.343 e. The van der Waals surface area contributed by atoms with Gasteiger partial charge in [-0.25, -0.2) is 9.18 Å². The fourth-order valence-electron chi connectivity index (χ4n) is 3.02. The van der Waals surface area contributed by atoms with Crippen molar-refractivity contribution in [2.24, 2.45) is 0 Å². The average molecular weight is 468 g/mol. The number of esters is 1. The second-order valence-electron chi connectivity index (χ2n) is 6.83. The quantitative estimate of drug-likeness (QED) is 0.264. The Balaban J connectivity index is 1.50. The number of carbonyl (C=O) groups excluding carboxylic acids is 3. The van der Waals surface area contributed by atoms with Crippen LogP contribution in [0, 0.1) is 5.82 Å². The molecule has 1 fully saturated rings. The predicted molar refractivity (Wildman–Crippen MR) is 121 cm³/mol. The molecule has 0 spiro atoms. The molecule has 32 heavy (non-hydrogen) atoms. The van der Waals surface area contributed by atoms with Crippen molar-refractivity contribution in [3.05, 3.63) is 105 Å². The molecular formula is C24H15ClFNO4S. The lowest BCUT2D eigenvalue weighted by Gasteiger charge is -2.13. The molecule has 0 saturated carbocycles. The van der Waals surface area contributed by atoms with E-state index in [-0.39, 0.29) is 16.5 Å². The summed E-state index contributed by atoms with van der Waals surface area (Å²) in [6, 6.07) is 19.0. The zero-order chi connectivity index (χ0) is 22.7. The summed E-state index contributed by atoms with van der Waals surface area (Å²) >= 11 is 6.82. The highest BCUT2D eigenvalue weighted by atomic mass is 35.5. The first-order valence-electron chi connectivity index (χ1n) is 9.47. The number of hydrogen-bond donors (Lipinski definition) is 0. The molecule has 3 aromatic carbocycles. The van der Waals surface area contributed by atoms with Crippen LogP contribution in [0.4, 0.5) is 9.18 Å². The van der Waals surface area contributed by atoms with E-state index in [4.69, 9.17) is 16.3 Å². The number of hydrogen-bond acceptors (Lipinski definition) is 5. The molecule has 1 saturated heterocycles. The first-order chi connectivity index (χ1) is 15.4. The van der Waals surface area contributed by atoms with Crippen molar-refractivity contribution in [2.45, 2.75) is 6.54 Å². The SMILES string of the molecule is O=C(Oc1cccc(/C=C2\SC(=O)N(Cc3ccc(F)cc3Cl)C2=O)c1)c1ccccc1. The van der Waals surface area contributed by atoms with Gasteiger partial charge in [0.15, 0.2) is 0 Å². The van der Waals surface area contributed by atoms with Gasteiger partial charge in [0, 0.05) is 5.02 Å². The van der Waals surface area contributed by atoms with Gasteiger partial charge in [0.2, 0.25) is 0 Å². The zero-order valence-electron chi connectivity index (χ0n) is 16.5. The van der Waals surface area contributed by atoms with Gasteiger partial charge in [0.1, 0.15) is 11.6 Å². The minimum atomic E-state index is -0.501. The van der Waals surface area contributed by atoms with Gasteiger partial charge in [-0.3, -0.25) is 14.5 Å². The molecule has 0 bridgehead atoms. The van der Waals surface area contributed by atoms with Crippen LogP contribution in [0.25, 0.3) is 6.08 Å². The summed E-state index contributed by atoms with van der Waals surface area (Å²) in [6.07, 6.45) is 1.55. The van der Waals surface area contributed by atoms with Gasteiger partial charge in [-0.15, -0.1) is 0 Å². The van der Waals surface area contributed by atoms with Gasteiger partial charge >= 0.3 is 5.97 Å². The number of rotatable bonds is 5.